The summed E-state index contributed by atoms with van der Waals surface area (Å²) in [5.74, 6) is 2.11. The summed E-state index contributed by atoms with van der Waals surface area (Å²) in [5.41, 5.74) is 1.19. The van der Waals surface area contributed by atoms with Gasteiger partial charge in [0, 0.05) is 36.3 Å². The van der Waals surface area contributed by atoms with Crippen LogP contribution in [0.5, 0.6) is 0 Å². The molecule has 5 heteroatoms. The first kappa shape index (κ1) is 13.7. The lowest BCUT2D eigenvalue weighted by Gasteiger charge is -2.27. The predicted octanol–water partition coefficient (Wildman–Crippen LogP) is 1.91. The van der Waals surface area contributed by atoms with Crippen LogP contribution >= 0.6 is 23.4 Å². The Kier molecular flexibility index (Phi) is 5.35. The summed E-state index contributed by atoms with van der Waals surface area (Å²) in [4.78, 5) is 11.6. The fourth-order valence-electron chi connectivity index (χ4n) is 1.64. The van der Waals surface area contributed by atoms with Gasteiger partial charge in [0.1, 0.15) is 0 Å². The Bertz CT molecular complexity index is 392. The van der Waals surface area contributed by atoms with Gasteiger partial charge in [-0.05, 0) is 17.7 Å². The Morgan fingerprint density at radius 2 is 2.11 bits per heavy atom. The van der Waals surface area contributed by atoms with Gasteiger partial charge in [-0.1, -0.05) is 23.7 Å². The molecule has 0 aliphatic carbocycles. The Balaban J connectivity index is 1.59. The second-order valence-electron chi connectivity index (χ2n) is 4.45. The lowest BCUT2D eigenvalue weighted by atomic mass is 10.0. The summed E-state index contributed by atoms with van der Waals surface area (Å²) in [5, 5.41) is 6.89. The Hall–Kier alpha value is -0.710. The summed E-state index contributed by atoms with van der Waals surface area (Å²) in [6, 6.07) is 7.74. The smallest absolute Gasteiger partial charge is 0.230 e. The SMILES string of the molecule is O=C(CSCc1ccc(Cl)cc1)NCC1CNC1. The van der Waals surface area contributed by atoms with E-state index >= 15 is 0 Å². The number of hydrogen-bond donors (Lipinski definition) is 2. The topological polar surface area (TPSA) is 41.1 Å². The lowest BCUT2D eigenvalue weighted by Crippen LogP contribution is -2.48. The van der Waals surface area contributed by atoms with E-state index in [0.717, 1.165) is 30.4 Å². The molecular formula is C13H17ClN2OS. The van der Waals surface area contributed by atoms with Crippen molar-refractivity contribution in [2.45, 2.75) is 5.75 Å². The van der Waals surface area contributed by atoms with E-state index < -0.39 is 0 Å². The van der Waals surface area contributed by atoms with E-state index in [4.69, 9.17) is 11.6 Å². The maximum atomic E-state index is 11.6. The van der Waals surface area contributed by atoms with E-state index in [-0.39, 0.29) is 5.91 Å². The standard InChI is InChI=1S/C13H17ClN2OS/c14-12-3-1-10(2-4-12)8-18-9-13(17)16-7-11-5-15-6-11/h1-4,11,15H,5-9H2,(H,16,17). The molecule has 1 saturated heterocycles. The highest BCUT2D eigenvalue weighted by Crippen LogP contribution is 2.15. The predicted molar refractivity (Wildman–Crippen MR) is 77.0 cm³/mol. The highest BCUT2D eigenvalue weighted by atomic mass is 35.5. The quantitative estimate of drug-likeness (QED) is 0.838. The maximum Gasteiger partial charge on any atom is 0.230 e. The number of carbonyl (C=O) groups excluding carboxylic acids is 1. The molecule has 0 aromatic heterocycles. The van der Waals surface area contributed by atoms with Gasteiger partial charge in [0.15, 0.2) is 0 Å². The fourth-order valence-corrected chi connectivity index (χ4v) is 2.59. The molecule has 98 valence electrons. The van der Waals surface area contributed by atoms with Crippen LogP contribution < -0.4 is 10.6 Å². The van der Waals surface area contributed by atoms with Crippen LogP contribution in [-0.4, -0.2) is 31.3 Å². The molecule has 1 aliphatic heterocycles. The summed E-state index contributed by atoms with van der Waals surface area (Å²) in [7, 11) is 0. The zero-order chi connectivity index (χ0) is 12.8. The van der Waals surface area contributed by atoms with Crippen molar-refractivity contribution < 1.29 is 4.79 Å². The molecule has 0 atom stereocenters. The molecule has 2 rings (SSSR count). The van der Waals surface area contributed by atoms with Crippen molar-refractivity contribution in [2.75, 3.05) is 25.4 Å². The molecule has 1 heterocycles. The number of thioether (sulfide) groups is 1. The van der Waals surface area contributed by atoms with Gasteiger partial charge in [-0.25, -0.2) is 0 Å². The number of carbonyl (C=O) groups is 1. The van der Waals surface area contributed by atoms with Crippen LogP contribution in [0.25, 0.3) is 0 Å². The van der Waals surface area contributed by atoms with Gasteiger partial charge in [0.2, 0.25) is 5.91 Å². The summed E-state index contributed by atoms with van der Waals surface area (Å²) in [6.45, 7) is 2.85. The highest BCUT2D eigenvalue weighted by molar-refractivity contribution is 7.99. The lowest BCUT2D eigenvalue weighted by molar-refractivity contribution is -0.118. The summed E-state index contributed by atoms with van der Waals surface area (Å²) >= 11 is 7.44. The monoisotopic (exact) mass is 284 g/mol. The number of benzene rings is 1. The van der Waals surface area contributed by atoms with E-state index in [1.54, 1.807) is 11.8 Å². The van der Waals surface area contributed by atoms with Crippen molar-refractivity contribution in [1.29, 1.82) is 0 Å². The second kappa shape index (κ2) is 7.02. The van der Waals surface area contributed by atoms with Crippen molar-refractivity contribution in [3.05, 3.63) is 34.9 Å². The highest BCUT2D eigenvalue weighted by Gasteiger charge is 2.16. The average Bonchev–Trinajstić information content (AvgIpc) is 2.30. The van der Waals surface area contributed by atoms with Gasteiger partial charge in [-0.2, -0.15) is 0 Å². The van der Waals surface area contributed by atoms with Gasteiger partial charge >= 0.3 is 0 Å². The summed E-state index contributed by atoms with van der Waals surface area (Å²) < 4.78 is 0. The molecule has 1 aliphatic rings. The van der Waals surface area contributed by atoms with Crippen LogP contribution in [0.15, 0.2) is 24.3 Å². The molecule has 0 unspecified atom stereocenters. The van der Waals surface area contributed by atoms with Crippen LogP contribution in [0, 0.1) is 5.92 Å². The van der Waals surface area contributed by atoms with Crippen molar-refractivity contribution in [2.24, 2.45) is 5.92 Å². The number of amides is 1. The molecule has 0 saturated carbocycles. The molecule has 18 heavy (non-hydrogen) atoms. The van der Waals surface area contributed by atoms with Gasteiger partial charge < -0.3 is 10.6 Å². The first-order chi connectivity index (χ1) is 8.74. The summed E-state index contributed by atoms with van der Waals surface area (Å²) in [6.07, 6.45) is 0. The van der Waals surface area contributed by atoms with E-state index in [1.807, 2.05) is 24.3 Å². The van der Waals surface area contributed by atoms with Crippen molar-refractivity contribution >= 4 is 29.3 Å². The Morgan fingerprint density at radius 3 is 2.72 bits per heavy atom. The molecule has 1 aromatic carbocycles. The zero-order valence-electron chi connectivity index (χ0n) is 10.1. The molecule has 1 amide bonds. The van der Waals surface area contributed by atoms with Gasteiger partial charge in [-0.3, -0.25) is 4.79 Å². The molecule has 0 spiro atoms. The molecular weight excluding hydrogens is 268 g/mol. The van der Waals surface area contributed by atoms with E-state index in [2.05, 4.69) is 10.6 Å². The van der Waals surface area contributed by atoms with E-state index in [0.29, 0.717) is 11.7 Å². The number of halogens is 1. The fraction of sp³-hybridized carbons (Fsp3) is 0.462. The minimum Gasteiger partial charge on any atom is -0.355 e. The second-order valence-corrected chi connectivity index (χ2v) is 5.87. The molecule has 0 bridgehead atoms. The minimum absolute atomic E-state index is 0.126. The third-order valence-electron chi connectivity index (χ3n) is 2.87. The van der Waals surface area contributed by atoms with E-state index in [1.165, 1.54) is 5.56 Å². The normalized spacial score (nSPS) is 15.2. The minimum atomic E-state index is 0.126. The molecule has 2 N–H and O–H groups in total. The molecule has 0 radical (unpaired) electrons. The van der Waals surface area contributed by atoms with Crippen molar-refractivity contribution in [3.63, 3.8) is 0 Å². The maximum absolute atomic E-state index is 11.6. The first-order valence-corrected chi connectivity index (χ1v) is 7.57. The molecule has 1 fully saturated rings. The Morgan fingerprint density at radius 1 is 1.39 bits per heavy atom. The van der Waals surface area contributed by atoms with Crippen LogP contribution in [0.4, 0.5) is 0 Å². The van der Waals surface area contributed by atoms with Gasteiger partial charge in [0.05, 0.1) is 5.75 Å². The number of hydrogen-bond acceptors (Lipinski definition) is 3. The van der Waals surface area contributed by atoms with Crippen molar-refractivity contribution in [3.8, 4) is 0 Å². The average molecular weight is 285 g/mol. The van der Waals surface area contributed by atoms with Gasteiger partial charge in [-0.15, -0.1) is 11.8 Å². The van der Waals surface area contributed by atoms with Crippen LogP contribution in [0.2, 0.25) is 5.02 Å². The number of nitrogens with one attached hydrogen (secondary N) is 2. The third kappa shape index (κ3) is 4.52. The Labute approximate surface area is 117 Å². The molecule has 1 aromatic rings. The molecule has 3 nitrogen and oxygen atoms in total. The van der Waals surface area contributed by atoms with E-state index in [9.17, 15) is 4.79 Å². The first-order valence-electron chi connectivity index (χ1n) is 6.03. The zero-order valence-corrected chi connectivity index (χ0v) is 11.7. The van der Waals surface area contributed by atoms with Crippen LogP contribution in [0.1, 0.15) is 5.56 Å². The number of rotatable bonds is 6. The van der Waals surface area contributed by atoms with Crippen LogP contribution in [-0.2, 0) is 10.5 Å². The third-order valence-corrected chi connectivity index (χ3v) is 4.12. The van der Waals surface area contributed by atoms with Crippen molar-refractivity contribution in [1.82, 2.24) is 10.6 Å². The van der Waals surface area contributed by atoms with Crippen LogP contribution in [0.3, 0.4) is 0 Å². The largest absolute Gasteiger partial charge is 0.355 e. The van der Waals surface area contributed by atoms with Gasteiger partial charge in [0.25, 0.3) is 0 Å².